The van der Waals surface area contributed by atoms with E-state index in [1.54, 1.807) is 0 Å². The van der Waals surface area contributed by atoms with Gasteiger partial charge in [0.1, 0.15) is 28.6 Å². The van der Waals surface area contributed by atoms with Crippen molar-refractivity contribution in [2.75, 3.05) is 11.1 Å². The van der Waals surface area contributed by atoms with E-state index in [0.29, 0.717) is 23.5 Å². The van der Waals surface area contributed by atoms with Crippen molar-refractivity contribution in [2.24, 2.45) is 5.92 Å². The first-order valence-electron chi connectivity index (χ1n) is 9.63. The SMILES string of the molecule is CC(=O)OC1C2CC(Nc3nc(N)nc(C)c3-c3nc4ccccc4s3)C(O)C21O. The number of hydrogen-bond acceptors (Lipinski definition) is 10. The summed E-state index contributed by atoms with van der Waals surface area (Å²) in [6.07, 6.45) is -1.37. The molecule has 2 saturated carbocycles. The van der Waals surface area contributed by atoms with Gasteiger partial charge in [0.25, 0.3) is 0 Å². The second kappa shape index (κ2) is 6.59. The summed E-state index contributed by atoms with van der Waals surface area (Å²) in [5.74, 6) is -0.233. The minimum atomic E-state index is -1.44. The smallest absolute Gasteiger partial charge is 0.303 e. The van der Waals surface area contributed by atoms with Gasteiger partial charge in [-0.1, -0.05) is 12.1 Å². The van der Waals surface area contributed by atoms with Crippen LogP contribution in [0.25, 0.3) is 20.8 Å². The van der Waals surface area contributed by atoms with Gasteiger partial charge in [0.15, 0.2) is 0 Å². The van der Waals surface area contributed by atoms with Gasteiger partial charge in [-0.05, 0) is 25.5 Å². The number of ether oxygens (including phenoxy) is 1. The number of para-hydroxylation sites is 1. The van der Waals surface area contributed by atoms with Crippen molar-refractivity contribution in [2.45, 2.75) is 44.1 Å². The highest BCUT2D eigenvalue weighted by molar-refractivity contribution is 7.21. The predicted octanol–water partition coefficient (Wildman–Crippen LogP) is 1.48. The van der Waals surface area contributed by atoms with Crippen LogP contribution in [0.15, 0.2) is 24.3 Å². The molecule has 5 N–H and O–H groups in total. The fourth-order valence-electron chi connectivity index (χ4n) is 4.46. The number of aryl methyl sites for hydroxylation is 1. The van der Waals surface area contributed by atoms with E-state index in [-0.39, 0.29) is 11.9 Å². The van der Waals surface area contributed by atoms with Crippen LogP contribution >= 0.6 is 11.3 Å². The molecule has 0 aliphatic heterocycles. The van der Waals surface area contributed by atoms with E-state index < -0.39 is 29.8 Å². The fraction of sp³-hybridized carbons (Fsp3) is 0.400. The standard InChI is InChI=1S/C20H21N5O4S/c1-8-14(18-24-11-5-3-4-6-13(11)30-18)17(25-19(21)22-8)23-12-7-10-16(29-9(2)26)20(10,28)15(12)27/h3-6,10,12,15-16,27-28H,7H2,1-2H3,(H3,21,22,23,25). The number of aliphatic hydroxyl groups is 2. The van der Waals surface area contributed by atoms with Crippen LogP contribution in [0.3, 0.4) is 0 Å². The number of rotatable bonds is 4. The predicted molar refractivity (Wildman–Crippen MR) is 112 cm³/mol. The van der Waals surface area contributed by atoms with Crippen LogP contribution in [0, 0.1) is 12.8 Å². The summed E-state index contributed by atoms with van der Waals surface area (Å²) >= 11 is 1.52. The van der Waals surface area contributed by atoms with Crippen LogP contribution in [-0.4, -0.2) is 55.0 Å². The van der Waals surface area contributed by atoms with Gasteiger partial charge in [0, 0.05) is 12.8 Å². The molecule has 156 valence electrons. The molecule has 0 amide bonds. The van der Waals surface area contributed by atoms with Gasteiger partial charge in [0.05, 0.1) is 27.5 Å². The maximum Gasteiger partial charge on any atom is 0.303 e. The molecule has 5 rings (SSSR count). The molecule has 5 atom stereocenters. The lowest BCUT2D eigenvalue weighted by Gasteiger charge is -2.25. The Bertz CT molecular complexity index is 1130. The number of nitrogens with zero attached hydrogens (tertiary/aromatic N) is 3. The maximum atomic E-state index is 11.2. The lowest BCUT2D eigenvalue weighted by molar-refractivity contribution is -0.147. The minimum absolute atomic E-state index is 0.106. The number of thiazole rings is 1. The van der Waals surface area contributed by atoms with Crippen molar-refractivity contribution in [3.05, 3.63) is 30.0 Å². The van der Waals surface area contributed by atoms with Crippen LogP contribution in [0.1, 0.15) is 19.0 Å². The number of nitrogens with one attached hydrogen (secondary N) is 1. The van der Waals surface area contributed by atoms with Crippen LogP contribution < -0.4 is 11.1 Å². The summed E-state index contributed by atoms with van der Waals surface area (Å²) in [6.45, 7) is 3.12. The summed E-state index contributed by atoms with van der Waals surface area (Å²) < 4.78 is 6.17. The number of carbonyl (C=O) groups is 1. The van der Waals surface area contributed by atoms with E-state index in [1.165, 1.54) is 18.3 Å². The molecule has 0 spiro atoms. The number of fused-ring (bicyclic) bond motifs is 2. The van der Waals surface area contributed by atoms with Gasteiger partial charge in [-0.3, -0.25) is 4.79 Å². The third-order valence-corrected chi connectivity index (χ3v) is 6.95. The van der Waals surface area contributed by atoms with Crippen molar-refractivity contribution < 1.29 is 19.7 Å². The molecule has 2 fully saturated rings. The lowest BCUT2D eigenvalue weighted by Crippen LogP contribution is -2.43. The molecular formula is C20H21N5O4S. The highest BCUT2D eigenvalue weighted by Crippen LogP contribution is 2.58. The Kier molecular flexibility index (Phi) is 4.21. The average Bonchev–Trinajstić information content (AvgIpc) is 2.98. The van der Waals surface area contributed by atoms with Gasteiger partial charge < -0.3 is 26.0 Å². The number of nitrogens with two attached hydrogens (primary N) is 1. The van der Waals surface area contributed by atoms with E-state index in [2.05, 4.69) is 15.3 Å². The van der Waals surface area contributed by atoms with Gasteiger partial charge in [-0.2, -0.15) is 4.98 Å². The Labute approximate surface area is 175 Å². The minimum Gasteiger partial charge on any atom is -0.459 e. The third-order valence-electron chi connectivity index (χ3n) is 5.90. The highest BCUT2D eigenvalue weighted by atomic mass is 32.1. The van der Waals surface area contributed by atoms with Crippen LogP contribution in [0.5, 0.6) is 0 Å². The molecule has 0 bridgehead atoms. The zero-order valence-electron chi connectivity index (χ0n) is 16.4. The Morgan fingerprint density at radius 3 is 2.77 bits per heavy atom. The topological polar surface area (TPSA) is 143 Å². The molecular weight excluding hydrogens is 406 g/mol. The molecule has 0 radical (unpaired) electrons. The van der Waals surface area contributed by atoms with Crippen molar-refractivity contribution in [1.82, 2.24) is 15.0 Å². The Hall–Kier alpha value is -2.82. The van der Waals surface area contributed by atoms with Gasteiger partial charge >= 0.3 is 5.97 Å². The summed E-state index contributed by atoms with van der Waals surface area (Å²) in [7, 11) is 0. The molecule has 2 aliphatic rings. The van der Waals surface area contributed by atoms with E-state index in [1.807, 2.05) is 31.2 Å². The van der Waals surface area contributed by atoms with E-state index in [9.17, 15) is 15.0 Å². The molecule has 10 heteroatoms. The zero-order valence-corrected chi connectivity index (χ0v) is 17.2. The second-order valence-electron chi connectivity index (χ2n) is 7.83. The Morgan fingerprint density at radius 1 is 1.33 bits per heavy atom. The largest absolute Gasteiger partial charge is 0.459 e. The fourth-order valence-corrected chi connectivity index (χ4v) is 5.52. The normalized spacial score (nSPS) is 29.6. The van der Waals surface area contributed by atoms with Crippen LogP contribution in [-0.2, 0) is 9.53 Å². The number of aliphatic hydroxyl groups excluding tert-OH is 1. The first kappa shape index (κ1) is 19.2. The molecule has 1 aromatic carbocycles. The van der Waals surface area contributed by atoms with Crippen LogP contribution in [0.4, 0.5) is 11.8 Å². The zero-order chi connectivity index (χ0) is 21.2. The summed E-state index contributed by atoms with van der Waals surface area (Å²) in [5, 5.41) is 25.4. The number of carbonyl (C=O) groups excluding carboxylic acids is 1. The number of esters is 1. The summed E-state index contributed by atoms with van der Waals surface area (Å²) in [5.41, 5.74) is 6.69. The molecule has 2 aliphatic carbocycles. The molecule has 0 saturated heterocycles. The molecule has 3 aromatic rings. The van der Waals surface area contributed by atoms with Gasteiger partial charge in [-0.25, -0.2) is 9.97 Å². The maximum absolute atomic E-state index is 11.2. The van der Waals surface area contributed by atoms with E-state index in [0.717, 1.165) is 15.2 Å². The second-order valence-corrected chi connectivity index (χ2v) is 8.86. The number of anilines is 2. The monoisotopic (exact) mass is 427 g/mol. The van der Waals surface area contributed by atoms with Gasteiger partial charge in [-0.15, -0.1) is 11.3 Å². The van der Waals surface area contributed by atoms with Crippen molar-refractivity contribution in [3.63, 3.8) is 0 Å². The van der Waals surface area contributed by atoms with Crippen molar-refractivity contribution in [3.8, 4) is 10.6 Å². The Balaban J connectivity index is 1.47. The lowest BCUT2D eigenvalue weighted by atomic mass is 10.1. The van der Waals surface area contributed by atoms with Gasteiger partial charge in [0.2, 0.25) is 5.95 Å². The molecule has 5 unspecified atom stereocenters. The molecule has 30 heavy (non-hydrogen) atoms. The average molecular weight is 427 g/mol. The summed E-state index contributed by atoms with van der Waals surface area (Å²) in [4.78, 5) is 24.6. The molecule has 9 nitrogen and oxygen atoms in total. The number of aromatic nitrogens is 3. The Morgan fingerprint density at radius 2 is 2.10 bits per heavy atom. The van der Waals surface area contributed by atoms with Crippen LogP contribution in [0.2, 0.25) is 0 Å². The van der Waals surface area contributed by atoms with E-state index in [4.69, 9.17) is 15.5 Å². The first-order valence-corrected chi connectivity index (χ1v) is 10.4. The highest BCUT2D eigenvalue weighted by Gasteiger charge is 2.76. The number of hydrogen-bond donors (Lipinski definition) is 4. The molecule has 2 heterocycles. The molecule has 2 aromatic heterocycles. The number of nitrogen functional groups attached to an aromatic ring is 1. The third kappa shape index (κ3) is 2.83. The summed E-state index contributed by atoms with van der Waals surface area (Å²) in [6, 6.07) is 7.34. The first-order chi connectivity index (χ1) is 14.3. The van der Waals surface area contributed by atoms with E-state index >= 15 is 0 Å². The van der Waals surface area contributed by atoms with Crippen molar-refractivity contribution in [1.29, 1.82) is 0 Å². The quantitative estimate of drug-likeness (QED) is 0.455. The number of benzene rings is 1. The van der Waals surface area contributed by atoms with Crippen molar-refractivity contribution >= 4 is 39.3 Å².